The molecule has 2 nitrogen and oxygen atoms in total. The Balaban J connectivity index is 1.62. The third-order valence-corrected chi connectivity index (χ3v) is 4.96. The third-order valence-electron chi connectivity index (χ3n) is 4.96. The van der Waals surface area contributed by atoms with Crippen LogP contribution in [0.2, 0.25) is 0 Å². The first-order valence-electron chi connectivity index (χ1n) is 9.20. The number of fused-ring (bicyclic) bond motifs is 1. The lowest BCUT2D eigenvalue weighted by Gasteiger charge is -2.11. The number of benzene rings is 3. The van der Waals surface area contributed by atoms with Crippen LogP contribution in [-0.2, 0) is 13.1 Å². The topological polar surface area (TPSA) is 29.5 Å². The minimum Gasteiger partial charge on any atom is -0.339 e. The summed E-state index contributed by atoms with van der Waals surface area (Å²) >= 11 is 0. The smallest absolute Gasteiger partial charge is 0.132 e. The van der Waals surface area contributed by atoms with Gasteiger partial charge in [-0.15, -0.1) is 0 Å². The molecule has 0 fully saturated rings. The highest BCUT2D eigenvalue weighted by atomic mass is 19.1. The van der Waals surface area contributed by atoms with Gasteiger partial charge < -0.3 is 5.32 Å². The fourth-order valence-electron chi connectivity index (χ4n) is 3.46. The number of quaternary nitrogens is 1. The van der Waals surface area contributed by atoms with Crippen molar-refractivity contribution in [2.45, 2.75) is 20.0 Å². The average Bonchev–Trinajstić information content (AvgIpc) is 2.70. The Labute approximate surface area is 158 Å². The maximum absolute atomic E-state index is 13.8. The maximum atomic E-state index is 13.8. The average molecular weight is 357 g/mol. The van der Waals surface area contributed by atoms with Crippen LogP contribution in [0.25, 0.3) is 21.9 Å². The normalized spacial score (nSPS) is 11.0. The standard InChI is InChI=1S/C24H21FN2/c1-17-6-8-18(9-7-17)21-11-10-19(23-16-26-13-12-22(21)23)14-27-15-20-4-2-3-5-24(20)25/h2-13,16,27H,14-15H2,1H3/p+1. The summed E-state index contributed by atoms with van der Waals surface area (Å²) in [7, 11) is 0. The van der Waals surface area contributed by atoms with Gasteiger partial charge in [0, 0.05) is 28.9 Å². The van der Waals surface area contributed by atoms with E-state index in [0.29, 0.717) is 6.54 Å². The summed E-state index contributed by atoms with van der Waals surface area (Å²) in [5, 5.41) is 4.48. The zero-order valence-electron chi connectivity index (χ0n) is 15.3. The number of rotatable bonds is 5. The van der Waals surface area contributed by atoms with E-state index in [-0.39, 0.29) is 5.82 Å². The fraction of sp³-hybridized carbons (Fsp3) is 0.125. The van der Waals surface area contributed by atoms with Gasteiger partial charge in [-0.05, 0) is 35.6 Å². The predicted molar refractivity (Wildman–Crippen MR) is 108 cm³/mol. The fourth-order valence-corrected chi connectivity index (χ4v) is 3.46. The highest BCUT2D eigenvalue weighted by Crippen LogP contribution is 2.30. The summed E-state index contributed by atoms with van der Waals surface area (Å²) < 4.78 is 13.8. The molecular weight excluding hydrogens is 335 g/mol. The second-order valence-corrected chi connectivity index (χ2v) is 6.85. The first-order valence-corrected chi connectivity index (χ1v) is 9.20. The quantitative estimate of drug-likeness (QED) is 0.555. The molecule has 2 N–H and O–H groups in total. The lowest BCUT2D eigenvalue weighted by atomic mass is 9.96. The summed E-state index contributed by atoms with van der Waals surface area (Å²) in [6, 6.07) is 22.0. The molecule has 0 saturated carbocycles. The van der Waals surface area contributed by atoms with Crippen molar-refractivity contribution in [1.82, 2.24) is 4.98 Å². The monoisotopic (exact) mass is 357 g/mol. The van der Waals surface area contributed by atoms with E-state index in [1.54, 1.807) is 6.07 Å². The molecule has 0 aliphatic heterocycles. The molecule has 134 valence electrons. The zero-order valence-corrected chi connectivity index (χ0v) is 15.3. The SMILES string of the molecule is Cc1ccc(-c2ccc(C[NH2+]Cc3ccccc3F)c3cnccc23)cc1. The number of hydrogen-bond donors (Lipinski definition) is 1. The van der Waals surface area contributed by atoms with Crippen LogP contribution in [-0.4, -0.2) is 4.98 Å². The van der Waals surface area contributed by atoms with Gasteiger partial charge in [-0.25, -0.2) is 4.39 Å². The van der Waals surface area contributed by atoms with Crippen LogP contribution in [0, 0.1) is 12.7 Å². The number of pyridine rings is 1. The van der Waals surface area contributed by atoms with Crippen LogP contribution in [0.1, 0.15) is 16.7 Å². The van der Waals surface area contributed by atoms with Crippen LogP contribution in [0.15, 0.2) is 79.1 Å². The van der Waals surface area contributed by atoms with Crippen LogP contribution < -0.4 is 5.32 Å². The Bertz CT molecular complexity index is 1070. The number of nitrogens with two attached hydrogens (primary N) is 1. The van der Waals surface area contributed by atoms with Crippen LogP contribution in [0.3, 0.4) is 0 Å². The molecule has 4 rings (SSSR count). The second kappa shape index (κ2) is 7.68. The molecule has 0 aliphatic carbocycles. The minimum atomic E-state index is -0.144. The molecule has 3 aromatic carbocycles. The highest BCUT2D eigenvalue weighted by Gasteiger charge is 2.10. The Morgan fingerprint density at radius 2 is 1.59 bits per heavy atom. The third kappa shape index (κ3) is 3.74. The number of halogens is 1. The largest absolute Gasteiger partial charge is 0.339 e. The molecule has 4 aromatic rings. The summed E-state index contributed by atoms with van der Waals surface area (Å²) in [5.74, 6) is -0.144. The first-order chi connectivity index (χ1) is 13.2. The van der Waals surface area contributed by atoms with Crippen molar-refractivity contribution in [1.29, 1.82) is 0 Å². The molecule has 0 aliphatic rings. The molecular formula is C24H22FN2+. The van der Waals surface area contributed by atoms with E-state index in [1.807, 2.05) is 24.5 Å². The lowest BCUT2D eigenvalue weighted by molar-refractivity contribution is -0.686. The van der Waals surface area contributed by atoms with Gasteiger partial charge in [-0.3, -0.25) is 4.98 Å². The van der Waals surface area contributed by atoms with Crippen molar-refractivity contribution in [3.63, 3.8) is 0 Å². The van der Waals surface area contributed by atoms with Crippen LogP contribution in [0.5, 0.6) is 0 Å². The molecule has 27 heavy (non-hydrogen) atoms. The summed E-state index contributed by atoms with van der Waals surface area (Å²) in [6.45, 7) is 3.50. The van der Waals surface area contributed by atoms with Crippen LogP contribution >= 0.6 is 0 Å². The molecule has 0 bridgehead atoms. The Morgan fingerprint density at radius 1 is 0.815 bits per heavy atom. The van der Waals surface area contributed by atoms with Gasteiger partial charge in [0.05, 0.1) is 0 Å². The van der Waals surface area contributed by atoms with E-state index >= 15 is 0 Å². The lowest BCUT2D eigenvalue weighted by Crippen LogP contribution is -2.80. The van der Waals surface area contributed by atoms with Gasteiger partial charge in [0.15, 0.2) is 0 Å². The van der Waals surface area contributed by atoms with Crippen molar-refractivity contribution >= 4 is 10.8 Å². The maximum Gasteiger partial charge on any atom is 0.132 e. The number of aryl methyl sites for hydroxylation is 1. The van der Waals surface area contributed by atoms with Gasteiger partial charge in [0.2, 0.25) is 0 Å². The Morgan fingerprint density at radius 3 is 2.41 bits per heavy atom. The molecule has 0 saturated heterocycles. The van der Waals surface area contributed by atoms with Crippen molar-refractivity contribution in [3.8, 4) is 11.1 Å². The van der Waals surface area contributed by atoms with Crippen molar-refractivity contribution in [2.24, 2.45) is 0 Å². The van der Waals surface area contributed by atoms with Gasteiger partial charge >= 0.3 is 0 Å². The van der Waals surface area contributed by atoms with E-state index in [1.165, 1.54) is 33.7 Å². The van der Waals surface area contributed by atoms with E-state index in [2.05, 4.69) is 59.7 Å². The van der Waals surface area contributed by atoms with Gasteiger partial charge in [-0.2, -0.15) is 0 Å². The molecule has 0 radical (unpaired) electrons. The summed E-state index contributed by atoms with van der Waals surface area (Å²) in [5.41, 5.74) is 5.62. The number of hydrogen-bond acceptors (Lipinski definition) is 1. The zero-order chi connectivity index (χ0) is 18.6. The number of nitrogens with zero attached hydrogens (tertiary/aromatic N) is 1. The van der Waals surface area contributed by atoms with E-state index in [0.717, 1.165) is 17.5 Å². The van der Waals surface area contributed by atoms with E-state index < -0.39 is 0 Å². The van der Waals surface area contributed by atoms with Crippen molar-refractivity contribution in [3.05, 3.63) is 102 Å². The Hall–Kier alpha value is -3.04. The second-order valence-electron chi connectivity index (χ2n) is 6.85. The summed E-state index contributed by atoms with van der Waals surface area (Å²) in [6.07, 6.45) is 3.77. The van der Waals surface area contributed by atoms with Gasteiger partial charge in [0.25, 0.3) is 0 Å². The molecule has 0 spiro atoms. The van der Waals surface area contributed by atoms with Crippen LogP contribution in [0.4, 0.5) is 4.39 Å². The first kappa shape index (κ1) is 17.4. The molecule has 1 aromatic heterocycles. The molecule has 1 heterocycles. The summed E-state index contributed by atoms with van der Waals surface area (Å²) in [4.78, 5) is 4.33. The molecule has 0 unspecified atom stereocenters. The van der Waals surface area contributed by atoms with Crippen molar-refractivity contribution in [2.75, 3.05) is 0 Å². The Kier molecular flexibility index (Phi) is 4.95. The predicted octanol–water partition coefficient (Wildman–Crippen LogP) is 4.61. The molecule has 0 atom stereocenters. The van der Waals surface area contributed by atoms with Gasteiger partial charge in [-0.1, -0.05) is 60.2 Å². The van der Waals surface area contributed by atoms with E-state index in [4.69, 9.17) is 0 Å². The minimum absolute atomic E-state index is 0.144. The highest BCUT2D eigenvalue weighted by molar-refractivity contribution is 5.97. The van der Waals surface area contributed by atoms with Gasteiger partial charge in [0.1, 0.15) is 18.9 Å². The van der Waals surface area contributed by atoms with E-state index in [9.17, 15) is 4.39 Å². The molecule has 3 heteroatoms. The number of aromatic nitrogens is 1. The molecule has 0 amide bonds. The van der Waals surface area contributed by atoms with Crippen molar-refractivity contribution < 1.29 is 9.71 Å².